The van der Waals surface area contributed by atoms with E-state index in [9.17, 15) is 4.39 Å². The minimum atomic E-state index is -0.779. The molecule has 0 amide bonds. The second-order valence-electron chi connectivity index (χ2n) is 1.96. The van der Waals surface area contributed by atoms with Gasteiger partial charge in [-0.1, -0.05) is 0 Å². The predicted octanol–water partition coefficient (Wildman–Crippen LogP) is 1.65. The van der Waals surface area contributed by atoms with Gasteiger partial charge in [0, 0.05) is 6.42 Å². The van der Waals surface area contributed by atoms with Gasteiger partial charge in [0.15, 0.2) is 0 Å². The largest absolute Gasteiger partial charge is 0.496 e. The van der Waals surface area contributed by atoms with Crippen molar-refractivity contribution in [3.8, 4) is 0 Å². The predicted molar refractivity (Wildman–Crippen MR) is 29.2 cm³/mol. The van der Waals surface area contributed by atoms with Gasteiger partial charge in [0.05, 0.1) is 5.76 Å². The topological polar surface area (TPSA) is 9.23 Å². The average molecular weight is 116 g/mol. The first kappa shape index (κ1) is 5.60. The molecule has 0 saturated heterocycles. The fourth-order valence-electron chi connectivity index (χ4n) is 0.643. The van der Waals surface area contributed by atoms with Crippen LogP contribution in [0, 0.1) is 0 Å². The number of hydrogen-bond acceptors (Lipinski definition) is 1. The van der Waals surface area contributed by atoms with Crippen LogP contribution in [0.5, 0.6) is 0 Å². The lowest BCUT2D eigenvalue weighted by molar-refractivity contribution is 0.118. The molecule has 0 N–H and O–H groups in total. The Balaban J connectivity index is 2.42. The zero-order chi connectivity index (χ0) is 5.98. The van der Waals surface area contributed by atoms with E-state index in [2.05, 4.69) is 0 Å². The van der Waals surface area contributed by atoms with Crippen LogP contribution in [-0.2, 0) is 4.74 Å². The fraction of sp³-hybridized carbons (Fsp3) is 0.667. The van der Waals surface area contributed by atoms with Crippen LogP contribution in [0.2, 0.25) is 0 Å². The summed E-state index contributed by atoms with van der Waals surface area (Å²) in [5.41, 5.74) is 0. The van der Waals surface area contributed by atoms with Gasteiger partial charge in [-0.05, 0) is 13.0 Å². The van der Waals surface area contributed by atoms with E-state index in [4.69, 9.17) is 4.74 Å². The molecule has 1 atom stereocenters. The van der Waals surface area contributed by atoms with E-state index in [1.165, 1.54) is 0 Å². The lowest BCUT2D eigenvalue weighted by atomic mass is 10.2. The Morgan fingerprint density at radius 1 is 1.88 bits per heavy atom. The number of ether oxygens (including phenoxy) is 1. The maximum absolute atomic E-state index is 12.2. The molecule has 0 aliphatic carbocycles. The molecular weight excluding hydrogens is 107 g/mol. The Morgan fingerprint density at radius 3 is 3.00 bits per heavy atom. The van der Waals surface area contributed by atoms with Crippen LogP contribution in [-0.4, -0.2) is 12.8 Å². The summed E-state index contributed by atoms with van der Waals surface area (Å²) in [6.07, 6.45) is 1.51. The summed E-state index contributed by atoms with van der Waals surface area (Å²) >= 11 is 0. The maximum atomic E-state index is 12.2. The molecule has 1 heterocycles. The minimum absolute atomic E-state index is 0.238. The van der Waals surface area contributed by atoms with Gasteiger partial charge >= 0.3 is 0 Å². The van der Waals surface area contributed by atoms with Crippen molar-refractivity contribution >= 4 is 0 Å². The summed E-state index contributed by atoms with van der Waals surface area (Å²) in [6, 6.07) is 0. The average Bonchev–Trinajstić information content (AvgIpc) is 1.77. The summed E-state index contributed by atoms with van der Waals surface area (Å²) in [6.45, 7) is 2.08. The van der Waals surface area contributed by atoms with Gasteiger partial charge < -0.3 is 4.74 Å². The van der Waals surface area contributed by atoms with Gasteiger partial charge in [0.2, 0.25) is 0 Å². The van der Waals surface area contributed by atoms with Crippen LogP contribution in [0.25, 0.3) is 0 Å². The Labute approximate surface area is 48.1 Å². The van der Waals surface area contributed by atoms with Crippen molar-refractivity contribution in [2.45, 2.75) is 19.5 Å². The molecule has 0 bridgehead atoms. The molecule has 1 aliphatic rings. The standard InChI is InChI=1S/C6H9FO/c1-5-2-3-6(7)4-8-5/h2,6H,3-4H2,1H3. The van der Waals surface area contributed by atoms with Crippen LogP contribution >= 0.6 is 0 Å². The van der Waals surface area contributed by atoms with E-state index >= 15 is 0 Å². The zero-order valence-corrected chi connectivity index (χ0v) is 4.86. The maximum Gasteiger partial charge on any atom is 0.137 e. The molecule has 1 aliphatic heterocycles. The van der Waals surface area contributed by atoms with E-state index in [0.29, 0.717) is 6.42 Å². The molecule has 1 unspecified atom stereocenters. The molecule has 0 saturated carbocycles. The molecule has 1 nitrogen and oxygen atoms in total. The lowest BCUT2D eigenvalue weighted by Crippen LogP contribution is -2.12. The van der Waals surface area contributed by atoms with Crippen LogP contribution in [0.1, 0.15) is 13.3 Å². The number of allylic oxidation sites excluding steroid dienone is 2. The molecule has 8 heavy (non-hydrogen) atoms. The summed E-state index contributed by atoms with van der Waals surface area (Å²) in [7, 11) is 0. The second kappa shape index (κ2) is 2.16. The molecule has 0 aromatic heterocycles. The third-order valence-corrected chi connectivity index (χ3v) is 1.15. The van der Waals surface area contributed by atoms with Crippen LogP contribution in [0.4, 0.5) is 4.39 Å². The Hall–Kier alpha value is -0.530. The van der Waals surface area contributed by atoms with Crippen molar-refractivity contribution in [3.63, 3.8) is 0 Å². The third kappa shape index (κ3) is 1.22. The summed E-state index contributed by atoms with van der Waals surface area (Å²) < 4.78 is 17.1. The molecular formula is C6H9FO. The van der Waals surface area contributed by atoms with Crippen LogP contribution in [0.3, 0.4) is 0 Å². The van der Waals surface area contributed by atoms with E-state index in [-0.39, 0.29) is 6.61 Å². The van der Waals surface area contributed by atoms with Gasteiger partial charge in [-0.2, -0.15) is 0 Å². The highest BCUT2D eigenvalue weighted by atomic mass is 19.1. The normalized spacial score (nSPS) is 28.8. The lowest BCUT2D eigenvalue weighted by Gasteiger charge is -2.14. The number of alkyl halides is 1. The summed E-state index contributed by atoms with van der Waals surface area (Å²) in [5.74, 6) is 0.846. The van der Waals surface area contributed by atoms with Gasteiger partial charge in [0.1, 0.15) is 12.8 Å². The molecule has 46 valence electrons. The minimum Gasteiger partial charge on any atom is -0.496 e. The summed E-state index contributed by atoms with van der Waals surface area (Å²) in [4.78, 5) is 0. The second-order valence-corrected chi connectivity index (χ2v) is 1.96. The van der Waals surface area contributed by atoms with Crippen molar-refractivity contribution in [2.24, 2.45) is 0 Å². The van der Waals surface area contributed by atoms with Crippen molar-refractivity contribution in [1.29, 1.82) is 0 Å². The number of rotatable bonds is 0. The first-order valence-corrected chi connectivity index (χ1v) is 2.72. The number of hydrogen-bond donors (Lipinski definition) is 0. The van der Waals surface area contributed by atoms with E-state index in [0.717, 1.165) is 5.76 Å². The van der Waals surface area contributed by atoms with Gasteiger partial charge in [0.25, 0.3) is 0 Å². The number of halogens is 1. The smallest absolute Gasteiger partial charge is 0.137 e. The first-order chi connectivity index (χ1) is 3.79. The molecule has 0 radical (unpaired) electrons. The van der Waals surface area contributed by atoms with Crippen molar-refractivity contribution in [1.82, 2.24) is 0 Å². The quantitative estimate of drug-likeness (QED) is 0.467. The highest BCUT2D eigenvalue weighted by molar-refractivity contribution is 4.94. The molecule has 2 heteroatoms. The van der Waals surface area contributed by atoms with E-state index < -0.39 is 6.17 Å². The van der Waals surface area contributed by atoms with Gasteiger partial charge in [-0.15, -0.1) is 0 Å². The monoisotopic (exact) mass is 116 g/mol. The fourth-order valence-corrected chi connectivity index (χ4v) is 0.643. The van der Waals surface area contributed by atoms with E-state index in [1.807, 2.05) is 6.92 Å². The molecule has 0 aromatic rings. The highest BCUT2D eigenvalue weighted by Crippen LogP contribution is 2.11. The van der Waals surface area contributed by atoms with Gasteiger partial charge in [-0.25, -0.2) is 4.39 Å². The van der Waals surface area contributed by atoms with Crippen molar-refractivity contribution in [2.75, 3.05) is 6.61 Å². The van der Waals surface area contributed by atoms with Crippen molar-refractivity contribution in [3.05, 3.63) is 11.8 Å². The Kier molecular flexibility index (Phi) is 1.51. The van der Waals surface area contributed by atoms with E-state index in [1.54, 1.807) is 6.08 Å². The third-order valence-electron chi connectivity index (χ3n) is 1.15. The van der Waals surface area contributed by atoms with Crippen molar-refractivity contribution < 1.29 is 9.13 Å². The van der Waals surface area contributed by atoms with Crippen LogP contribution < -0.4 is 0 Å². The van der Waals surface area contributed by atoms with Crippen LogP contribution in [0.15, 0.2) is 11.8 Å². The Morgan fingerprint density at radius 2 is 2.62 bits per heavy atom. The molecule has 0 spiro atoms. The molecule has 0 aromatic carbocycles. The first-order valence-electron chi connectivity index (χ1n) is 2.72. The molecule has 0 fully saturated rings. The zero-order valence-electron chi connectivity index (χ0n) is 4.86. The van der Waals surface area contributed by atoms with Gasteiger partial charge in [-0.3, -0.25) is 0 Å². The summed E-state index contributed by atoms with van der Waals surface area (Å²) in [5, 5.41) is 0. The SMILES string of the molecule is CC1=CCC(F)CO1. The Bertz CT molecular complexity index is 109. The highest BCUT2D eigenvalue weighted by Gasteiger charge is 2.09. The molecule has 1 rings (SSSR count).